The minimum atomic E-state index is -0.960. The van der Waals surface area contributed by atoms with Crippen molar-refractivity contribution in [2.24, 2.45) is 0 Å². The van der Waals surface area contributed by atoms with E-state index in [1.165, 1.54) is 20.8 Å². The normalized spacial score (nSPS) is 28.9. The zero-order chi connectivity index (χ0) is 19.0. The number of hydrogen-bond acceptors (Lipinski definition) is 7. The minimum Gasteiger partial charge on any atom is -0.456 e. The number of ether oxygens (including phenoxy) is 4. The Labute approximate surface area is 148 Å². The number of amides is 1. The molecule has 1 saturated heterocycles. The van der Waals surface area contributed by atoms with E-state index in [1.54, 1.807) is 0 Å². The van der Waals surface area contributed by atoms with Crippen LogP contribution in [0, 0.1) is 6.92 Å². The van der Waals surface area contributed by atoms with Crippen molar-refractivity contribution in [2.45, 2.75) is 77.6 Å². The number of carbonyl (C=O) groups excluding carboxylic acids is 3. The Kier molecular flexibility index (Phi) is 8.85. The molecule has 1 amide bonds. The van der Waals surface area contributed by atoms with Crippen LogP contribution in [0.5, 0.6) is 0 Å². The van der Waals surface area contributed by atoms with Crippen LogP contribution in [0.3, 0.4) is 0 Å². The lowest BCUT2D eigenvalue weighted by Gasteiger charge is -2.44. The summed E-state index contributed by atoms with van der Waals surface area (Å²) >= 11 is 0. The van der Waals surface area contributed by atoms with Crippen molar-refractivity contribution in [3.8, 4) is 0 Å². The Balaban J connectivity index is 2.99. The first-order valence-corrected chi connectivity index (χ1v) is 8.48. The lowest BCUT2D eigenvalue weighted by atomic mass is 9.96. The van der Waals surface area contributed by atoms with Crippen LogP contribution >= 0.6 is 0 Å². The predicted octanol–water partition coefficient (Wildman–Crippen LogP) is 1.12. The van der Waals surface area contributed by atoms with E-state index in [4.69, 9.17) is 18.9 Å². The molecule has 1 radical (unpaired) electrons. The molecule has 1 N–H and O–H groups in total. The van der Waals surface area contributed by atoms with Crippen LogP contribution in [0.2, 0.25) is 0 Å². The maximum Gasteiger partial charge on any atom is 0.303 e. The second-order valence-corrected chi connectivity index (χ2v) is 6.00. The average molecular weight is 358 g/mol. The molecular weight excluding hydrogens is 330 g/mol. The summed E-state index contributed by atoms with van der Waals surface area (Å²) in [6.07, 6.45) is -0.724. The first-order chi connectivity index (χ1) is 11.8. The number of rotatable bonds is 8. The molecule has 8 heteroatoms. The van der Waals surface area contributed by atoms with Gasteiger partial charge in [0.25, 0.3) is 0 Å². The van der Waals surface area contributed by atoms with Gasteiger partial charge in [0.1, 0.15) is 12.1 Å². The van der Waals surface area contributed by atoms with Gasteiger partial charge in [0.2, 0.25) is 5.91 Å². The fraction of sp³-hybridized carbons (Fsp3) is 0.765. The summed E-state index contributed by atoms with van der Waals surface area (Å²) in [5.41, 5.74) is 0. The molecule has 8 nitrogen and oxygen atoms in total. The van der Waals surface area contributed by atoms with E-state index in [2.05, 4.69) is 19.2 Å². The van der Waals surface area contributed by atoms with Gasteiger partial charge in [-0.3, -0.25) is 14.4 Å². The van der Waals surface area contributed by atoms with Crippen molar-refractivity contribution in [3.05, 3.63) is 6.92 Å². The minimum absolute atomic E-state index is 0.350. The molecule has 1 aliphatic rings. The van der Waals surface area contributed by atoms with Crippen LogP contribution in [0.15, 0.2) is 0 Å². The monoisotopic (exact) mass is 358 g/mol. The molecule has 1 aliphatic heterocycles. The number of nitrogens with one attached hydrogen (secondary N) is 1. The van der Waals surface area contributed by atoms with Crippen LogP contribution in [-0.4, -0.2) is 55.1 Å². The van der Waals surface area contributed by atoms with Crippen molar-refractivity contribution in [3.63, 3.8) is 0 Å². The molecule has 0 spiro atoms. The second kappa shape index (κ2) is 10.4. The highest BCUT2D eigenvalue weighted by atomic mass is 16.7. The third-order valence-corrected chi connectivity index (χ3v) is 3.65. The number of hydrogen-bond donors (Lipinski definition) is 1. The molecular formula is C17H28NO7. The Morgan fingerprint density at radius 2 is 1.64 bits per heavy atom. The largest absolute Gasteiger partial charge is 0.456 e. The molecule has 1 fully saturated rings. The first kappa shape index (κ1) is 21.4. The second-order valence-electron chi connectivity index (χ2n) is 6.00. The van der Waals surface area contributed by atoms with Crippen molar-refractivity contribution in [2.75, 3.05) is 6.61 Å². The molecule has 0 aliphatic carbocycles. The van der Waals surface area contributed by atoms with E-state index in [-0.39, 0.29) is 5.91 Å². The fourth-order valence-electron chi connectivity index (χ4n) is 2.65. The summed E-state index contributed by atoms with van der Waals surface area (Å²) < 4.78 is 21.9. The van der Waals surface area contributed by atoms with Crippen molar-refractivity contribution < 1.29 is 33.3 Å². The van der Waals surface area contributed by atoms with Crippen molar-refractivity contribution in [1.29, 1.82) is 0 Å². The summed E-state index contributed by atoms with van der Waals surface area (Å²) in [6, 6.07) is -0.814. The van der Waals surface area contributed by atoms with E-state index < -0.39 is 42.6 Å². The van der Waals surface area contributed by atoms with Gasteiger partial charge < -0.3 is 24.3 Å². The Morgan fingerprint density at radius 1 is 1.04 bits per heavy atom. The molecule has 0 aromatic rings. The van der Waals surface area contributed by atoms with Gasteiger partial charge in [0.05, 0.1) is 0 Å². The van der Waals surface area contributed by atoms with E-state index in [0.29, 0.717) is 6.61 Å². The van der Waals surface area contributed by atoms with Crippen LogP contribution in [-0.2, 0) is 33.3 Å². The molecule has 143 valence electrons. The predicted molar refractivity (Wildman–Crippen MR) is 88.2 cm³/mol. The van der Waals surface area contributed by atoms with Gasteiger partial charge in [-0.15, -0.1) is 0 Å². The summed E-state index contributed by atoms with van der Waals surface area (Å²) in [7, 11) is 0. The summed E-state index contributed by atoms with van der Waals surface area (Å²) in [6.45, 7) is 10.1. The fourth-order valence-corrected chi connectivity index (χ4v) is 2.65. The number of unbranched alkanes of at least 4 members (excludes halogenated alkanes) is 2. The third-order valence-electron chi connectivity index (χ3n) is 3.65. The van der Waals surface area contributed by atoms with Gasteiger partial charge in [-0.05, 0) is 13.3 Å². The maximum atomic E-state index is 11.6. The van der Waals surface area contributed by atoms with Crippen LogP contribution < -0.4 is 5.32 Å². The van der Waals surface area contributed by atoms with Crippen LogP contribution in [0.1, 0.15) is 47.0 Å². The zero-order valence-corrected chi connectivity index (χ0v) is 15.3. The maximum absolute atomic E-state index is 11.6. The highest BCUT2D eigenvalue weighted by molar-refractivity contribution is 5.73. The SMILES string of the molecule is [CH2]C1OC(OCCCCC)C(NC(C)=O)C(OC(C)=O)C1OC(C)=O. The van der Waals surface area contributed by atoms with Crippen molar-refractivity contribution in [1.82, 2.24) is 5.32 Å². The standard InChI is InChI=1S/C17H28NO7/c1-6-7-8-9-22-17-14(18-11(3)19)16(25-13(5)21)15(10(2)23-17)24-12(4)20/h10,14-17H,2,6-9H2,1,3-5H3,(H,18,19). The topological polar surface area (TPSA) is 100 Å². The molecule has 0 bridgehead atoms. The molecule has 25 heavy (non-hydrogen) atoms. The van der Waals surface area contributed by atoms with Gasteiger partial charge in [-0.1, -0.05) is 19.8 Å². The highest BCUT2D eigenvalue weighted by Crippen LogP contribution is 2.27. The van der Waals surface area contributed by atoms with Gasteiger partial charge in [0, 0.05) is 27.4 Å². The number of esters is 2. The Morgan fingerprint density at radius 3 is 2.16 bits per heavy atom. The van der Waals surface area contributed by atoms with Crippen molar-refractivity contribution >= 4 is 17.8 Å². The molecule has 1 heterocycles. The van der Waals surface area contributed by atoms with Gasteiger partial charge in [-0.2, -0.15) is 0 Å². The summed E-state index contributed by atoms with van der Waals surface area (Å²) in [5, 5.41) is 2.67. The molecule has 5 unspecified atom stereocenters. The Bertz CT molecular complexity index is 468. The smallest absolute Gasteiger partial charge is 0.303 e. The lowest BCUT2D eigenvalue weighted by molar-refractivity contribution is -0.262. The molecule has 0 aromatic heterocycles. The first-order valence-electron chi connectivity index (χ1n) is 8.48. The Hall–Kier alpha value is -1.67. The van der Waals surface area contributed by atoms with E-state index in [9.17, 15) is 14.4 Å². The zero-order valence-electron chi connectivity index (χ0n) is 15.3. The average Bonchev–Trinajstić information content (AvgIpc) is 2.49. The highest BCUT2D eigenvalue weighted by Gasteiger charge is 2.49. The van der Waals surface area contributed by atoms with Crippen LogP contribution in [0.25, 0.3) is 0 Å². The third kappa shape index (κ3) is 6.99. The molecule has 5 atom stereocenters. The summed E-state index contributed by atoms with van der Waals surface area (Å²) in [5.74, 6) is -1.49. The van der Waals surface area contributed by atoms with E-state index >= 15 is 0 Å². The quantitative estimate of drug-likeness (QED) is 0.512. The van der Waals surface area contributed by atoms with E-state index in [1.807, 2.05) is 0 Å². The van der Waals surface area contributed by atoms with E-state index in [0.717, 1.165) is 19.3 Å². The number of carbonyl (C=O) groups is 3. The van der Waals surface area contributed by atoms with Gasteiger partial charge in [-0.25, -0.2) is 0 Å². The van der Waals surface area contributed by atoms with Crippen LogP contribution in [0.4, 0.5) is 0 Å². The van der Waals surface area contributed by atoms with Gasteiger partial charge >= 0.3 is 11.9 Å². The summed E-state index contributed by atoms with van der Waals surface area (Å²) in [4.78, 5) is 34.5. The lowest BCUT2D eigenvalue weighted by Crippen LogP contribution is -2.65. The molecule has 0 aromatic carbocycles. The molecule has 1 rings (SSSR count). The van der Waals surface area contributed by atoms with Gasteiger partial charge in [0.15, 0.2) is 18.5 Å². The molecule has 0 saturated carbocycles.